The van der Waals surface area contributed by atoms with Crippen molar-refractivity contribution in [2.75, 3.05) is 13.2 Å². The van der Waals surface area contributed by atoms with Gasteiger partial charge in [0, 0.05) is 13.0 Å². The van der Waals surface area contributed by atoms with Crippen LogP contribution in [0.1, 0.15) is 45.7 Å². The topological polar surface area (TPSA) is 99.5 Å². The minimum Gasteiger partial charge on any atom is -0.455 e. The predicted octanol–water partition coefficient (Wildman–Crippen LogP) is 2.19. The van der Waals surface area contributed by atoms with Crippen molar-refractivity contribution >= 4 is 17.8 Å². The number of ether oxygens (including phenoxy) is 1. The highest BCUT2D eigenvalue weighted by molar-refractivity contribution is 5.88. The summed E-state index contributed by atoms with van der Waals surface area (Å²) in [6, 6.07) is 11.5. The van der Waals surface area contributed by atoms with Crippen LogP contribution in [0.15, 0.2) is 30.3 Å². The van der Waals surface area contributed by atoms with Crippen LogP contribution in [0, 0.1) is 23.2 Å². The van der Waals surface area contributed by atoms with E-state index < -0.39 is 29.9 Å². The number of esters is 1. The van der Waals surface area contributed by atoms with E-state index in [-0.39, 0.29) is 30.8 Å². The zero-order chi connectivity index (χ0) is 20.9. The Kier molecular flexibility index (Phi) is 6.79. The zero-order valence-electron chi connectivity index (χ0n) is 16.8. The van der Waals surface area contributed by atoms with Crippen molar-refractivity contribution in [3.63, 3.8) is 0 Å². The van der Waals surface area contributed by atoms with Crippen LogP contribution in [0.4, 0.5) is 0 Å². The lowest BCUT2D eigenvalue weighted by Gasteiger charge is -2.27. The van der Waals surface area contributed by atoms with E-state index in [1.54, 1.807) is 11.8 Å². The summed E-state index contributed by atoms with van der Waals surface area (Å²) in [5, 5.41) is 11.8. The highest BCUT2D eigenvalue weighted by Crippen LogP contribution is 2.29. The number of nitrogens with one attached hydrogen (secondary N) is 1. The molecule has 1 aliphatic rings. The third kappa shape index (κ3) is 4.89. The average molecular weight is 385 g/mol. The van der Waals surface area contributed by atoms with Crippen molar-refractivity contribution in [2.24, 2.45) is 11.8 Å². The Hall–Kier alpha value is -2.88. The molecule has 28 heavy (non-hydrogen) atoms. The first-order chi connectivity index (χ1) is 13.2. The second kappa shape index (κ2) is 8.87. The van der Waals surface area contributed by atoms with Crippen LogP contribution in [0.25, 0.3) is 0 Å². The molecule has 1 N–H and O–H groups in total. The third-order valence-electron chi connectivity index (χ3n) is 5.37. The molecule has 2 rings (SSSR count). The Morgan fingerprint density at radius 1 is 1.32 bits per heavy atom. The van der Waals surface area contributed by atoms with E-state index in [1.165, 1.54) is 0 Å². The standard InChI is InChI=1S/C21H27N3O4/c1-14(2)21(4,13-22)23-18(25)12-28-20(27)17-10-19(26)24(11-17)15(3)16-8-6-5-7-9-16/h5-9,14-15,17H,10-12H2,1-4H3,(H,23,25)/t15-,17+,21-/m0/s1. The number of hydrogen-bond donors (Lipinski definition) is 1. The molecule has 0 saturated carbocycles. The van der Waals surface area contributed by atoms with Gasteiger partial charge in [-0.25, -0.2) is 0 Å². The van der Waals surface area contributed by atoms with Gasteiger partial charge in [0.15, 0.2) is 6.61 Å². The number of likely N-dealkylation sites (tertiary alicyclic amines) is 1. The van der Waals surface area contributed by atoms with E-state index in [1.807, 2.05) is 51.1 Å². The summed E-state index contributed by atoms with van der Waals surface area (Å²) in [6.07, 6.45) is 0.0690. The van der Waals surface area contributed by atoms with Gasteiger partial charge in [0.2, 0.25) is 5.91 Å². The molecule has 0 radical (unpaired) electrons. The predicted molar refractivity (Wildman–Crippen MR) is 103 cm³/mol. The molecule has 1 aromatic carbocycles. The molecule has 1 aromatic rings. The van der Waals surface area contributed by atoms with Crippen LogP contribution in [-0.4, -0.2) is 41.4 Å². The fraction of sp³-hybridized carbons (Fsp3) is 0.524. The summed E-state index contributed by atoms with van der Waals surface area (Å²) in [6.45, 7) is 6.97. The van der Waals surface area contributed by atoms with E-state index >= 15 is 0 Å². The SMILES string of the molecule is CC(C)[C@](C)(C#N)NC(=O)COC(=O)[C@@H]1CC(=O)N([C@@H](C)c2ccccc2)C1. The zero-order valence-corrected chi connectivity index (χ0v) is 16.8. The number of nitrogens with zero attached hydrogens (tertiary/aromatic N) is 2. The summed E-state index contributed by atoms with van der Waals surface area (Å²) in [5.41, 5.74) is -0.0388. The molecule has 7 heteroatoms. The quantitative estimate of drug-likeness (QED) is 0.725. The fourth-order valence-corrected chi connectivity index (χ4v) is 3.06. The van der Waals surface area contributed by atoms with Gasteiger partial charge >= 0.3 is 5.97 Å². The van der Waals surface area contributed by atoms with Gasteiger partial charge in [0.25, 0.3) is 5.91 Å². The Morgan fingerprint density at radius 3 is 2.54 bits per heavy atom. The number of carbonyl (C=O) groups excluding carboxylic acids is 3. The van der Waals surface area contributed by atoms with Crippen molar-refractivity contribution in [3.8, 4) is 6.07 Å². The van der Waals surface area contributed by atoms with Gasteiger partial charge in [-0.1, -0.05) is 44.2 Å². The third-order valence-corrected chi connectivity index (χ3v) is 5.37. The van der Waals surface area contributed by atoms with E-state index in [9.17, 15) is 19.6 Å². The molecule has 0 unspecified atom stereocenters. The van der Waals surface area contributed by atoms with Gasteiger partial charge < -0.3 is 15.0 Å². The van der Waals surface area contributed by atoms with Crippen LogP contribution >= 0.6 is 0 Å². The maximum absolute atomic E-state index is 12.3. The monoisotopic (exact) mass is 385 g/mol. The van der Waals surface area contributed by atoms with E-state index in [0.29, 0.717) is 0 Å². The second-order valence-electron chi connectivity index (χ2n) is 7.66. The molecule has 0 aromatic heterocycles. The Balaban J connectivity index is 1.89. The van der Waals surface area contributed by atoms with Gasteiger partial charge in [-0.05, 0) is 25.3 Å². The van der Waals surface area contributed by atoms with Crippen LogP contribution in [0.3, 0.4) is 0 Å². The first-order valence-electron chi connectivity index (χ1n) is 9.41. The summed E-state index contributed by atoms with van der Waals surface area (Å²) < 4.78 is 5.10. The van der Waals surface area contributed by atoms with Crippen molar-refractivity contribution in [1.29, 1.82) is 5.26 Å². The maximum Gasteiger partial charge on any atom is 0.311 e. The molecule has 1 heterocycles. The van der Waals surface area contributed by atoms with Gasteiger partial charge in [0.05, 0.1) is 18.0 Å². The number of amides is 2. The number of hydrogen-bond acceptors (Lipinski definition) is 5. The molecule has 0 aliphatic carbocycles. The van der Waals surface area contributed by atoms with Crippen molar-refractivity contribution in [2.45, 2.75) is 45.7 Å². The summed E-state index contributed by atoms with van der Waals surface area (Å²) in [7, 11) is 0. The summed E-state index contributed by atoms with van der Waals surface area (Å²) >= 11 is 0. The first-order valence-corrected chi connectivity index (χ1v) is 9.41. The Morgan fingerprint density at radius 2 is 1.96 bits per heavy atom. The van der Waals surface area contributed by atoms with Gasteiger partial charge in [-0.2, -0.15) is 5.26 Å². The molecule has 1 fully saturated rings. The highest BCUT2D eigenvalue weighted by Gasteiger charge is 2.38. The lowest BCUT2D eigenvalue weighted by atomic mass is 9.90. The second-order valence-corrected chi connectivity index (χ2v) is 7.66. The average Bonchev–Trinajstić information content (AvgIpc) is 3.07. The Bertz CT molecular complexity index is 772. The number of rotatable bonds is 7. The van der Waals surface area contributed by atoms with Gasteiger partial charge in [0.1, 0.15) is 5.54 Å². The lowest BCUT2D eigenvalue weighted by molar-refractivity contribution is -0.152. The highest BCUT2D eigenvalue weighted by atomic mass is 16.5. The number of nitriles is 1. The maximum atomic E-state index is 12.3. The molecular weight excluding hydrogens is 358 g/mol. The molecule has 7 nitrogen and oxygen atoms in total. The first kappa shape index (κ1) is 21.4. The van der Waals surface area contributed by atoms with Crippen molar-refractivity contribution in [1.82, 2.24) is 10.2 Å². The molecule has 2 amide bonds. The smallest absolute Gasteiger partial charge is 0.311 e. The molecule has 1 aliphatic heterocycles. The van der Waals surface area contributed by atoms with E-state index in [0.717, 1.165) is 5.56 Å². The van der Waals surface area contributed by atoms with Crippen LogP contribution in [0.5, 0.6) is 0 Å². The molecule has 150 valence electrons. The number of carbonyl (C=O) groups is 3. The largest absolute Gasteiger partial charge is 0.455 e. The summed E-state index contributed by atoms with van der Waals surface area (Å²) in [5.74, 6) is -1.92. The van der Waals surface area contributed by atoms with Gasteiger partial charge in [-0.3, -0.25) is 14.4 Å². The summed E-state index contributed by atoms with van der Waals surface area (Å²) in [4.78, 5) is 38.4. The minimum atomic E-state index is -1.03. The normalized spacial score (nSPS) is 19.6. The number of benzene rings is 1. The van der Waals surface area contributed by atoms with Crippen molar-refractivity contribution < 1.29 is 19.1 Å². The molecule has 0 spiro atoms. The minimum absolute atomic E-state index is 0.0690. The Labute approximate surface area is 165 Å². The van der Waals surface area contributed by atoms with Crippen LogP contribution < -0.4 is 5.32 Å². The molecule has 1 saturated heterocycles. The lowest BCUT2D eigenvalue weighted by Crippen LogP contribution is -2.50. The van der Waals surface area contributed by atoms with E-state index in [2.05, 4.69) is 11.4 Å². The van der Waals surface area contributed by atoms with Crippen LogP contribution in [0.2, 0.25) is 0 Å². The molecular formula is C21H27N3O4. The van der Waals surface area contributed by atoms with Crippen molar-refractivity contribution in [3.05, 3.63) is 35.9 Å². The molecule has 0 bridgehead atoms. The van der Waals surface area contributed by atoms with Gasteiger partial charge in [-0.15, -0.1) is 0 Å². The molecule has 3 atom stereocenters. The fourth-order valence-electron chi connectivity index (χ4n) is 3.06. The van der Waals surface area contributed by atoms with Crippen LogP contribution in [-0.2, 0) is 19.1 Å². The van der Waals surface area contributed by atoms with E-state index in [4.69, 9.17) is 4.74 Å².